The topological polar surface area (TPSA) is 66.0 Å². The number of anilines is 3. The van der Waals surface area contributed by atoms with Gasteiger partial charge in [0.15, 0.2) is 0 Å². The molecule has 1 aliphatic heterocycles. The molecule has 1 aliphatic rings. The summed E-state index contributed by atoms with van der Waals surface area (Å²) in [5.74, 6) is 2.04. The predicted molar refractivity (Wildman–Crippen MR) is 78.8 cm³/mol. The Morgan fingerprint density at radius 1 is 1.05 bits per heavy atom. The van der Waals surface area contributed by atoms with Gasteiger partial charge in [0.1, 0.15) is 0 Å². The highest BCUT2D eigenvalue weighted by molar-refractivity contribution is 5.44. The average molecular weight is 264 g/mol. The number of hydrogen-bond donors (Lipinski definition) is 2. The second-order valence-corrected chi connectivity index (χ2v) is 6.14. The minimum absolute atomic E-state index is 0.195. The van der Waals surface area contributed by atoms with Crippen molar-refractivity contribution in [1.29, 1.82) is 0 Å². The van der Waals surface area contributed by atoms with E-state index in [0.29, 0.717) is 11.9 Å². The van der Waals surface area contributed by atoms with E-state index in [9.17, 15) is 0 Å². The predicted octanol–water partition coefficient (Wildman–Crippen LogP) is 1.97. The van der Waals surface area contributed by atoms with Crippen LogP contribution in [-0.4, -0.2) is 41.6 Å². The fourth-order valence-electron chi connectivity index (χ4n) is 1.96. The lowest BCUT2D eigenvalue weighted by Gasteiger charge is -2.20. The summed E-state index contributed by atoms with van der Waals surface area (Å²) in [5.41, 5.74) is 0.195. The van der Waals surface area contributed by atoms with E-state index in [1.54, 1.807) is 0 Å². The summed E-state index contributed by atoms with van der Waals surface area (Å²) in [6, 6.07) is 0. The second kappa shape index (κ2) is 5.59. The van der Waals surface area contributed by atoms with Crippen molar-refractivity contribution in [3.63, 3.8) is 0 Å². The Morgan fingerprint density at radius 2 is 1.68 bits per heavy atom. The molecular formula is C13H24N6. The first-order chi connectivity index (χ1) is 8.98. The molecule has 0 radical (unpaired) electrons. The number of nitrogens with one attached hydrogen (secondary N) is 2. The Morgan fingerprint density at radius 3 is 2.26 bits per heavy atom. The molecule has 6 nitrogen and oxygen atoms in total. The van der Waals surface area contributed by atoms with Crippen molar-refractivity contribution in [1.82, 2.24) is 15.0 Å². The fourth-order valence-corrected chi connectivity index (χ4v) is 1.96. The van der Waals surface area contributed by atoms with E-state index in [4.69, 9.17) is 0 Å². The summed E-state index contributed by atoms with van der Waals surface area (Å²) >= 11 is 0. The van der Waals surface area contributed by atoms with E-state index in [-0.39, 0.29) is 5.41 Å². The average Bonchev–Trinajstić information content (AvgIpc) is 2.89. The number of aromatic nitrogens is 3. The van der Waals surface area contributed by atoms with Crippen LogP contribution in [0.1, 0.15) is 33.6 Å². The first-order valence-corrected chi connectivity index (χ1v) is 6.90. The van der Waals surface area contributed by atoms with Gasteiger partial charge in [-0.1, -0.05) is 20.8 Å². The Hall–Kier alpha value is -1.59. The summed E-state index contributed by atoms with van der Waals surface area (Å²) in [4.78, 5) is 15.5. The maximum atomic E-state index is 4.52. The summed E-state index contributed by atoms with van der Waals surface area (Å²) in [7, 11) is 1.83. The van der Waals surface area contributed by atoms with E-state index in [1.807, 2.05) is 7.05 Å². The van der Waals surface area contributed by atoms with Gasteiger partial charge in [-0.3, -0.25) is 0 Å². The van der Waals surface area contributed by atoms with Gasteiger partial charge >= 0.3 is 0 Å². The van der Waals surface area contributed by atoms with Gasteiger partial charge < -0.3 is 15.5 Å². The maximum Gasteiger partial charge on any atom is 0.231 e. The molecule has 0 spiro atoms. The zero-order valence-corrected chi connectivity index (χ0v) is 12.3. The molecule has 0 bridgehead atoms. The molecule has 6 heteroatoms. The van der Waals surface area contributed by atoms with E-state index < -0.39 is 0 Å². The Kier molecular flexibility index (Phi) is 4.07. The molecule has 0 atom stereocenters. The third kappa shape index (κ3) is 3.94. The van der Waals surface area contributed by atoms with Crippen LogP contribution in [0.25, 0.3) is 0 Å². The molecule has 2 rings (SSSR count). The standard InChI is InChI=1S/C13H24N6/c1-13(2,3)9-15-11-16-10(14-4)17-12(18-11)19-7-5-6-8-19/h5-9H2,1-4H3,(H2,14,15,16,17,18). The van der Waals surface area contributed by atoms with Crippen LogP contribution in [0.3, 0.4) is 0 Å². The normalized spacial score (nSPS) is 15.7. The van der Waals surface area contributed by atoms with Crippen molar-refractivity contribution in [2.45, 2.75) is 33.6 Å². The van der Waals surface area contributed by atoms with Crippen LogP contribution >= 0.6 is 0 Å². The molecule has 0 saturated carbocycles. The van der Waals surface area contributed by atoms with Gasteiger partial charge in [0.05, 0.1) is 0 Å². The zero-order valence-electron chi connectivity index (χ0n) is 12.3. The maximum absolute atomic E-state index is 4.52. The van der Waals surface area contributed by atoms with Gasteiger partial charge in [-0.2, -0.15) is 15.0 Å². The summed E-state index contributed by atoms with van der Waals surface area (Å²) in [5, 5.41) is 6.29. The molecule has 1 saturated heterocycles. The van der Waals surface area contributed by atoms with E-state index in [2.05, 4.69) is 51.3 Å². The van der Waals surface area contributed by atoms with Crippen LogP contribution in [0.15, 0.2) is 0 Å². The third-order valence-corrected chi connectivity index (χ3v) is 3.01. The van der Waals surface area contributed by atoms with Gasteiger partial charge in [0, 0.05) is 26.7 Å². The molecule has 0 aromatic carbocycles. The van der Waals surface area contributed by atoms with Gasteiger partial charge in [-0.15, -0.1) is 0 Å². The minimum atomic E-state index is 0.195. The van der Waals surface area contributed by atoms with E-state index >= 15 is 0 Å². The lowest BCUT2D eigenvalue weighted by atomic mass is 9.97. The van der Waals surface area contributed by atoms with E-state index in [1.165, 1.54) is 12.8 Å². The van der Waals surface area contributed by atoms with Crippen LogP contribution < -0.4 is 15.5 Å². The van der Waals surface area contributed by atoms with Gasteiger partial charge in [0.25, 0.3) is 0 Å². The molecule has 1 aromatic rings. The summed E-state index contributed by atoms with van der Waals surface area (Å²) in [6.45, 7) is 9.45. The first kappa shape index (κ1) is 13.8. The number of hydrogen-bond acceptors (Lipinski definition) is 6. The smallest absolute Gasteiger partial charge is 0.231 e. The SMILES string of the molecule is CNc1nc(NCC(C)(C)C)nc(N2CCCC2)n1. The van der Waals surface area contributed by atoms with Gasteiger partial charge in [-0.25, -0.2) is 0 Å². The Bertz CT molecular complexity index is 420. The van der Waals surface area contributed by atoms with Crippen molar-refractivity contribution < 1.29 is 0 Å². The molecule has 2 heterocycles. The van der Waals surface area contributed by atoms with Crippen LogP contribution in [0.5, 0.6) is 0 Å². The van der Waals surface area contributed by atoms with Gasteiger partial charge in [-0.05, 0) is 18.3 Å². The molecule has 0 unspecified atom stereocenters. The molecular weight excluding hydrogens is 240 g/mol. The zero-order chi connectivity index (χ0) is 13.9. The summed E-state index contributed by atoms with van der Waals surface area (Å²) < 4.78 is 0. The monoisotopic (exact) mass is 264 g/mol. The minimum Gasteiger partial charge on any atom is -0.357 e. The molecule has 1 aromatic heterocycles. The molecule has 2 N–H and O–H groups in total. The van der Waals surface area contributed by atoms with Gasteiger partial charge in [0.2, 0.25) is 17.8 Å². The number of nitrogens with zero attached hydrogens (tertiary/aromatic N) is 4. The highest BCUT2D eigenvalue weighted by Crippen LogP contribution is 2.19. The van der Waals surface area contributed by atoms with Crippen molar-refractivity contribution in [3.05, 3.63) is 0 Å². The van der Waals surface area contributed by atoms with Crippen LogP contribution in [0.4, 0.5) is 17.8 Å². The molecule has 19 heavy (non-hydrogen) atoms. The second-order valence-electron chi connectivity index (χ2n) is 6.14. The Balaban J connectivity index is 2.15. The van der Waals surface area contributed by atoms with Crippen LogP contribution in [-0.2, 0) is 0 Å². The van der Waals surface area contributed by atoms with Crippen molar-refractivity contribution in [2.75, 3.05) is 42.2 Å². The molecule has 1 fully saturated rings. The third-order valence-electron chi connectivity index (χ3n) is 3.01. The highest BCUT2D eigenvalue weighted by Gasteiger charge is 2.18. The Labute approximate surface area is 115 Å². The largest absolute Gasteiger partial charge is 0.357 e. The van der Waals surface area contributed by atoms with Crippen molar-refractivity contribution >= 4 is 17.8 Å². The summed E-state index contributed by atoms with van der Waals surface area (Å²) in [6.07, 6.45) is 2.43. The molecule has 0 amide bonds. The van der Waals surface area contributed by atoms with Crippen LogP contribution in [0, 0.1) is 5.41 Å². The van der Waals surface area contributed by atoms with Crippen LogP contribution in [0.2, 0.25) is 0 Å². The molecule has 0 aliphatic carbocycles. The first-order valence-electron chi connectivity index (χ1n) is 6.90. The van der Waals surface area contributed by atoms with Crippen molar-refractivity contribution in [2.24, 2.45) is 5.41 Å². The highest BCUT2D eigenvalue weighted by atomic mass is 15.3. The quantitative estimate of drug-likeness (QED) is 0.867. The molecule has 106 valence electrons. The van der Waals surface area contributed by atoms with E-state index in [0.717, 1.165) is 25.6 Å². The van der Waals surface area contributed by atoms with Crippen molar-refractivity contribution in [3.8, 4) is 0 Å². The lowest BCUT2D eigenvalue weighted by molar-refractivity contribution is 0.441. The fraction of sp³-hybridized carbons (Fsp3) is 0.769. The number of rotatable bonds is 4. The lowest BCUT2D eigenvalue weighted by Crippen LogP contribution is -2.24.